The van der Waals surface area contributed by atoms with E-state index in [9.17, 15) is 0 Å². The molecular weight excluding hydrogens is 230 g/mol. The third-order valence-corrected chi connectivity index (χ3v) is 3.09. The number of rotatable bonds is 3. The Kier molecular flexibility index (Phi) is 2.98. The molecule has 0 saturated heterocycles. The molecule has 1 aromatic heterocycles. The highest BCUT2D eigenvalue weighted by Gasteiger charge is 2.18. The van der Waals surface area contributed by atoms with Crippen molar-refractivity contribution < 1.29 is 9.47 Å². The van der Waals surface area contributed by atoms with Crippen LogP contribution in [0, 0.1) is 0 Å². The summed E-state index contributed by atoms with van der Waals surface area (Å²) in [4.78, 5) is 0. The van der Waals surface area contributed by atoms with Gasteiger partial charge in [-0.15, -0.1) is 10.2 Å². The Morgan fingerprint density at radius 2 is 2.22 bits per heavy atom. The predicted molar refractivity (Wildman–Crippen MR) is 65.5 cm³/mol. The molecule has 1 aliphatic heterocycles. The lowest BCUT2D eigenvalue weighted by molar-refractivity contribution is 0.199. The quantitative estimate of drug-likeness (QED) is 0.820. The lowest BCUT2D eigenvalue weighted by Gasteiger charge is -2.07. The van der Waals surface area contributed by atoms with Crippen LogP contribution in [0.4, 0.5) is 0 Å². The number of ether oxygens (including phenoxy) is 2. The number of nitrogens with zero attached hydrogens (tertiary/aromatic N) is 3. The Labute approximate surface area is 105 Å². The van der Waals surface area contributed by atoms with E-state index in [4.69, 9.17) is 9.47 Å². The smallest absolute Gasteiger partial charge is 0.171 e. The molecule has 0 bridgehead atoms. The van der Waals surface area contributed by atoms with Gasteiger partial charge in [-0.25, -0.2) is 0 Å². The molecule has 0 unspecified atom stereocenters. The van der Waals surface area contributed by atoms with E-state index in [1.165, 1.54) is 0 Å². The first-order chi connectivity index (χ1) is 8.88. The van der Waals surface area contributed by atoms with Gasteiger partial charge in [0.1, 0.15) is 18.2 Å². The molecule has 18 heavy (non-hydrogen) atoms. The minimum Gasteiger partial charge on any atom is -0.485 e. The van der Waals surface area contributed by atoms with Crippen LogP contribution in [0.2, 0.25) is 0 Å². The molecule has 2 aromatic rings. The van der Waals surface area contributed by atoms with Crippen molar-refractivity contribution in [2.24, 2.45) is 0 Å². The molecule has 0 spiro atoms. The third-order valence-electron chi connectivity index (χ3n) is 3.09. The van der Waals surface area contributed by atoms with Crippen LogP contribution >= 0.6 is 0 Å². The van der Waals surface area contributed by atoms with Gasteiger partial charge in [0.15, 0.2) is 5.82 Å². The standard InChI is InChI=1S/C13H15N3O2/c1-17-7-6-12-14-15-13-9-18-11-5-3-2-4-10(11)8-16(12)13/h2-5H,6-9H2,1H3. The number of aromatic nitrogens is 3. The maximum Gasteiger partial charge on any atom is 0.171 e. The lowest BCUT2D eigenvalue weighted by atomic mass is 10.2. The fraction of sp³-hybridized carbons (Fsp3) is 0.385. The Morgan fingerprint density at radius 1 is 1.33 bits per heavy atom. The molecule has 1 aliphatic rings. The summed E-state index contributed by atoms with van der Waals surface area (Å²) in [5, 5.41) is 8.39. The van der Waals surface area contributed by atoms with Crippen molar-refractivity contribution in [3.8, 4) is 5.75 Å². The number of methoxy groups -OCH3 is 1. The number of hydrogen-bond donors (Lipinski definition) is 0. The average Bonchev–Trinajstić information content (AvgIpc) is 2.67. The molecule has 0 radical (unpaired) electrons. The summed E-state index contributed by atoms with van der Waals surface area (Å²) in [5.74, 6) is 2.75. The minimum atomic E-state index is 0.469. The van der Waals surface area contributed by atoms with Gasteiger partial charge in [-0.1, -0.05) is 18.2 Å². The maximum absolute atomic E-state index is 5.74. The first-order valence-corrected chi connectivity index (χ1v) is 5.99. The first-order valence-electron chi connectivity index (χ1n) is 5.99. The predicted octanol–water partition coefficient (Wildman–Crippen LogP) is 1.41. The zero-order valence-electron chi connectivity index (χ0n) is 10.3. The molecule has 0 N–H and O–H groups in total. The van der Waals surface area contributed by atoms with Crippen molar-refractivity contribution in [2.75, 3.05) is 13.7 Å². The van der Waals surface area contributed by atoms with Crippen molar-refractivity contribution in [3.05, 3.63) is 41.5 Å². The highest BCUT2D eigenvalue weighted by Crippen LogP contribution is 2.24. The highest BCUT2D eigenvalue weighted by atomic mass is 16.5. The van der Waals surface area contributed by atoms with Crippen LogP contribution in [-0.4, -0.2) is 28.5 Å². The molecular formula is C13H15N3O2. The molecule has 1 aromatic carbocycles. The van der Waals surface area contributed by atoms with Crippen LogP contribution in [0.5, 0.6) is 5.75 Å². The zero-order chi connectivity index (χ0) is 12.4. The summed E-state index contributed by atoms with van der Waals surface area (Å²) >= 11 is 0. The monoisotopic (exact) mass is 245 g/mol. The molecule has 0 fully saturated rings. The van der Waals surface area contributed by atoms with E-state index in [1.807, 2.05) is 18.2 Å². The van der Waals surface area contributed by atoms with Gasteiger partial charge in [0, 0.05) is 19.1 Å². The molecule has 0 saturated carbocycles. The molecule has 0 atom stereocenters. The Balaban J connectivity index is 1.93. The second-order valence-corrected chi connectivity index (χ2v) is 4.26. The molecule has 3 rings (SSSR count). The number of hydrogen-bond acceptors (Lipinski definition) is 4. The highest BCUT2D eigenvalue weighted by molar-refractivity contribution is 5.34. The van der Waals surface area contributed by atoms with Gasteiger partial charge >= 0.3 is 0 Å². The van der Waals surface area contributed by atoms with Crippen molar-refractivity contribution in [2.45, 2.75) is 19.6 Å². The Morgan fingerprint density at radius 3 is 3.11 bits per heavy atom. The summed E-state index contributed by atoms with van der Waals surface area (Å²) in [6.45, 7) is 1.88. The van der Waals surface area contributed by atoms with E-state index < -0.39 is 0 Å². The van der Waals surface area contributed by atoms with E-state index in [1.54, 1.807) is 7.11 Å². The van der Waals surface area contributed by atoms with Gasteiger partial charge in [0.05, 0.1) is 13.2 Å². The average molecular weight is 245 g/mol. The summed E-state index contributed by atoms with van der Waals surface area (Å²) in [6.07, 6.45) is 0.770. The van der Waals surface area contributed by atoms with Gasteiger partial charge in [0.2, 0.25) is 0 Å². The molecule has 0 aliphatic carbocycles. The van der Waals surface area contributed by atoms with Crippen molar-refractivity contribution in [3.63, 3.8) is 0 Å². The van der Waals surface area contributed by atoms with Crippen LogP contribution in [0.3, 0.4) is 0 Å². The van der Waals surface area contributed by atoms with Crippen LogP contribution in [0.1, 0.15) is 17.2 Å². The summed E-state index contributed by atoms with van der Waals surface area (Å²) in [6, 6.07) is 8.07. The van der Waals surface area contributed by atoms with Gasteiger partial charge in [-0.2, -0.15) is 0 Å². The van der Waals surface area contributed by atoms with Crippen LogP contribution < -0.4 is 4.74 Å². The van der Waals surface area contributed by atoms with Gasteiger partial charge in [-0.05, 0) is 6.07 Å². The zero-order valence-corrected chi connectivity index (χ0v) is 10.3. The van der Waals surface area contributed by atoms with Crippen molar-refractivity contribution in [1.29, 1.82) is 0 Å². The van der Waals surface area contributed by atoms with E-state index in [0.29, 0.717) is 13.2 Å². The molecule has 94 valence electrons. The van der Waals surface area contributed by atoms with Gasteiger partial charge in [0.25, 0.3) is 0 Å². The van der Waals surface area contributed by atoms with Crippen molar-refractivity contribution >= 4 is 0 Å². The fourth-order valence-electron chi connectivity index (χ4n) is 2.13. The van der Waals surface area contributed by atoms with Crippen molar-refractivity contribution in [1.82, 2.24) is 14.8 Å². The van der Waals surface area contributed by atoms with Crippen LogP contribution in [-0.2, 0) is 24.3 Å². The van der Waals surface area contributed by atoms with E-state index in [-0.39, 0.29) is 0 Å². The normalized spacial score (nSPS) is 13.4. The summed E-state index contributed by atoms with van der Waals surface area (Å²) in [5.41, 5.74) is 1.16. The third kappa shape index (κ3) is 1.97. The fourth-order valence-corrected chi connectivity index (χ4v) is 2.13. The largest absolute Gasteiger partial charge is 0.485 e. The Hall–Kier alpha value is -1.88. The summed E-state index contributed by atoms with van der Waals surface area (Å²) < 4.78 is 12.9. The molecule has 2 heterocycles. The molecule has 0 amide bonds. The maximum atomic E-state index is 5.74. The molecule has 5 nitrogen and oxygen atoms in total. The number of para-hydroxylation sites is 1. The minimum absolute atomic E-state index is 0.469. The Bertz CT molecular complexity index is 551. The molecule has 5 heteroatoms. The van der Waals surface area contributed by atoms with Crippen LogP contribution in [0.15, 0.2) is 24.3 Å². The van der Waals surface area contributed by atoms with Crippen LogP contribution in [0.25, 0.3) is 0 Å². The number of benzene rings is 1. The second-order valence-electron chi connectivity index (χ2n) is 4.26. The van der Waals surface area contributed by atoms with E-state index in [2.05, 4.69) is 20.8 Å². The van der Waals surface area contributed by atoms with E-state index >= 15 is 0 Å². The number of fused-ring (bicyclic) bond motifs is 2. The lowest BCUT2D eigenvalue weighted by Crippen LogP contribution is -2.09. The van der Waals surface area contributed by atoms with Gasteiger partial charge in [-0.3, -0.25) is 0 Å². The first kappa shape index (κ1) is 11.2. The second kappa shape index (κ2) is 4.78. The topological polar surface area (TPSA) is 49.2 Å². The van der Waals surface area contributed by atoms with Gasteiger partial charge < -0.3 is 14.0 Å². The SMILES string of the molecule is COCCc1nnc2n1Cc1ccccc1OC2. The van der Waals surface area contributed by atoms with E-state index in [0.717, 1.165) is 35.9 Å². The summed E-state index contributed by atoms with van der Waals surface area (Å²) in [7, 11) is 1.69.